The number of carbonyl (C=O) groups is 5. The number of aryl methyl sites for hydroxylation is 1. The Morgan fingerprint density at radius 2 is 1.73 bits per heavy atom. The minimum Gasteiger partial charge on any atom is -0.496 e. The van der Waals surface area contributed by atoms with E-state index in [4.69, 9.17) is 15.5 Å². The lowest BCUT2D eigenvalue weighted by Gasteiger charge is -2.35. The molecule has 0 bridgehead atoms. The third kappa shape index (κ3) is 10.6. The number of thiazole rings is 1. The molecule has 1 fully saturated rings. The Balaban J connectivity index is 1.09. The highest BCUT2D eigenvalue weighted by molar-refractivity contribution is 7.15. The fourth-order valence-corrected chi connectivity index (χ4v) is 9.42. The lowest BCUT2D eigenvalue weighted by atomic mass is 9.97. The molecule has 0 radical (unpaired) electrons. The number of hydrogen-bond acceptors (Lipinski definition) is 11. The van der Waals surface area contributed by atoms with Gasteiger partial charge < -0.3 is 41.1 Å². The van der Waals surface area contributed by atoms with Crippen molar-refractivity contribution in [2.45, 2.75) is 110 Å². The molecule has 2 aliphatic heterocycles. The number of ketones is 1. The van der Waals surface area contributed by atoms with Gasteiger partial charge in [0, 0.05) is 43.2 Å². The smallest absolute Gasteiger partial charge is 0.255 e. The maximum atomic E-state index is 14.2. The van der Waals surface area contributed by atoms with Gasteiger partial charge in [-0.25, -0.2) is 4.98 Å². The number of carbonyl (C=O) groups excluding carboxylic acids is 5. The molecule has 6 unspecified atom stereocenters. The van der Waals surface area contributed by atoms with Crippen LogP contribution in [-0.4, -0.2) is 104 Å². The molecule has 6 rings (SSSR count). The Kier molecular flexibility index (Phi) is 15.0. The first-order valence-electron chi connectivity index (χ1n) is 21.2. The third-order valence-electron chi connectivity index (χ3n) is 11.5. The number of fused-ring (bicyclic) bond motifs is 1. The zero-order chi connectivity index (χ0) is 44.8. The van der Waals surface area contributed by atoms with E-state index in [9.17, 15) is 34.2 Å². The molecule has 1 aromatic heterocycles. The van der Waals surface area contributed by atoms with Crippen molar-refractivity contribution in [3.05, 3.63) is 106 Å². The van der Waals surface area contributed by atoms with E-state index >= 15 is 0 Å². The van der Waals surface area contributed by atoms with Crippen LogP contribution >= 0.6 is 11.3 Å². The number of aromatic nitrogens is 1. The van der Waals surface area contributed by atoms with Crippen molar-refractivity contribution in [3.63, 3.8) is 0 Å². The van der Waals surface area contributed by atoms with Crippen molar-refractivity contribution in [3.8, 4) is 16.2 Å². The summed E-state index contributed by atoms with van der Waals surface area (Å²) in [6, 6.07) is 18.7. The van der Waals surface area contributed by atoms with Gasteiger partial charge in [0.1, 0.15) is 28.9 Å². The molecule has 0 spiro atoms. The molecular weight excluding hydrogens is 809 g/mol. The van der Waals surface area contributed by atoms with Crippen LogP contribution in [0.3, 0.4) is 0 Å². The van der Waals surface area contributed by atoms with Crippen molar-refractivity contribution in [2.24, 2.45) is 17.6 Å². The molecule has 6 N–H and O–H groups in total. The zero-order valence-electron chi connectivity index (χ0n) is 36.2. The first kappa shape index (κ1) is 46.0. The predicted molar refractivity (Wildman–Crippen MR) is 236 cm³/mol. The van der Waals surface area contributed by atoms with Crippen molar-refractivity contribution < 1.29 is 38.9 Å². The molecule has 4 aromatic rings. The average molecular weight is 867 g/mol. The SMILES string of the molecule is COc1cc(-c2sc(CC(=O)C(CC(C)C)NC(=O)C(O)C(N)Cc3ccccc3)nc2C)ccc1CNC(=O)C1CC(O)CN1C(=O)C(C(C)C)N1Cc2ccccc2C1=O. The van der Waals surface area contributed by atoms with Gasteiger partial charge in [0.2, 0.25) is 11.8 Å². The van der Waals surface area contributed by atoms with Gasteiger partial charge in [0.25, 0.3) is 11.8 Å². The molecule has 4 amide bonds. The van der Waals surface area contributed by atoms with E-state index in [0.717, 1.165) is 21.6 Å². The molecule has 2 aliphatic rings. The molecular formula is C47H58N6O8S. The predicted octanol–water partition coefficient (Wildman–Crippen LogP) is 3.96. The summed E-state index contributed by atoms with van der Waals surface area (Å²) in [5.41, 5.74) is 10.7. The van der Waals surface area contributed by atoms with Gasteiger partial charge in [0.15, 0.2) is 5.78 Å². The summed E-state index contributed by atoms with van der Waals surface area (Å²) >= 11 is 1.36. The second-order valence-corrected chi connectivity index (χ2v) is 18.2. The normalized spacial score (nSPS) is 18.1. The number of aliphatic hydroxyl groups is 2. The quantitative estimate of drug-likeness (QED) is 0.0975. The number of hydrogen-bond donors (Lipinski definition) is 5. The Hall–Kier alpha value is -5.48. The topological polar surface area (TPSA) is 204 Å². The highest BCUT2D eigenvalue weighted by Gasteiger charge is 2.46. The van der Waals surface area contributed by atoms with E-state index in [2.05, 4.69) is 10.6 Å². The molecule has 0 saturated carbocycles. The van der Waals surface area contributed by atoms with Crippen LogP contribution in [0.15, 0.2) is 72.8 Å². The Bertz CT molecular complexity index is 2260. The fourth-order valence-electron chi connectivity index (χ4n) is 8.35. The number of ether oxygens (including phenoxy) is 1. The Labute approximate surface area is 366 Å². The molecule has 15 heteroatoms. The monoisotopic (exact) mass is 866 g/mol. The summed E-state index contributed by atoms with van der Waals surface area (Å²) in [7, 11) is 1.53. The van der Waals surface area contributed by atoms with E-state index in [0.29, 0.717) is 47.0 Å². The van der Waals surface area contributed by atoms with Crippen LogP contribution in [-0.2, 0) is 45.1 Å². The largest absolute Gasteiger partial charge is 0.496 e. The van der Waals surface area contributed by atoms with E-state index < -0.39 is 48.2 Å². The van der Waals surface area contributed by atoms with Crippen molar-refractivity contribution in [1.29, 1.82) is 0 Å². The number of β-amino-alcohol motifs (C(OH)–C–C–N with tert-alkyl or cyclic N) is 1. The Morgan fingerprint density at radius 1 is 1.02 bits per heavy atom. The summed E-state index contributed by atoms with van der Waals surface area (Å²) in [6.45, 7) is 9.86. The number of nitrogens with zero attached hydrogens (tertiary/aromatic N) is 3. The van der Waals surface area contributed by atoms with Crippen molar-refractivity contribution in [1.82, 2.24) is 25.4 Å². The lowest BCUT2D eigenvalue weighted by molar-refractivity contribution is -0.143. The van der Waals surface area contributed by atoms with Gasteiger partial charge in [-0.2, -0.15) is 0 Å². The number of nitrogens with two attached hydrogens (primary N) is 1. The zero-order valence-corrected chi connectivity index (χ0v) is 37.0. The van der Waals surface area contributed by atoms with Gasteiger partial charge in [0.05, 0.1) is 36.2 Å². The molecule has 62 heavy (non-hydrogen) atoms. The van der Waals surface area contributed by atoms with E-state index in [-0.39, 0.29) is 55.4 Å². The minimum absolute atomic E-state index is 0.0189. The first-order chi connectivity index (χ1) is 29.6. The van der Waals surface area contributed by atoms with Crippen molar-refractivity contribution in [2.75, 3.05) is 13.7 Å². The van der Waals surface area contributed by atoms with Crippen LogP contribution in [0.4, 0.5) is 0 Å². The number of nitrogens with one attached hydrogen (secondary N) is 2. The molecule has 14 nitrogen and oxygen atoms in total. The molecule has 0 aliphatic carbocycles. The van der Waals surface area contributed by atoms with Crippen LogP contribution in [0.5, 0.6) is 5.75 Å². The summed E-state index contributed by atoms with van der Waals surface area (Å²) in [6.07, 6.45) is -1.68. The van der Waals surface area contributed by atoms with Gasteiger partial charge >= 0.3 is 0 Å². The number of rotatable bonds is 18. The first-order valence-corrected chi connectivity index (χ1v) is 22.0. The highest BCUT2D eigenvalue weighted by atomic mass is 32.1. The minimum atomic E-state index is -1.50. The fraction of sp³-hybridized carbons (Fsp3) is 0.447. The third-order valence-corrected chi connectivity index (χ3v) is 12.7. The standard InChI is InChI=1S/C47H58N6O8S/c1-26(2)18-36(51-45(58)42(56)35(48)19-29-12-8-7-9-13-29)38(55)22-40-50-28(5)43(62-40)30-16-17-31(39(20-30)61-6)23-49-44(57)37-21-33(54)25-52(37)47(60)41(27(3)4)53-24-32-14-10-11-15-34(32)46(53)59/h7-17,20,26-27,33,35-37,41-42,54,56H,18-19,21-25,48H2,1-6H3,(H,49,57)(H,51,58). The molecule has 3 heterocycles. The molecule has 330 valence electrons. The Morgan fingerprint density at radius 3 is 2.40 bits per heavy atom. The molecule has 1 saturated heterocycles. The molecule has 3 aromatic carbocycles. The van der Waals surface area contributed by atoms with Crippen LogP contribution in [0, 0.1) is 18.8 Å². The summed E-state index contributed by atoms with van der Waals surface area (Å²) in [5.74, 6) is -1.61. The molecule has 6 atom stereocenters. The van der Waals surface area contributed by atoms with Gasteiger partial charge in [-0.05, 0) is 60.4 Å². The second kappa shape index (κ2) is 20.1. The van der Waals surface area contributed by atoms with Crippen LogP contribution in [0.2, 0.25) is 0 Å². The number of amides is 4. The number of benzene rings is 3. The van der Waals surface area contributed by atoms with Gasteiger partial charge in [-0.15, -0.1) is 11.3 Å². The average Bonchev–Trinajstić information content (AvgIpc) is 3.92. The maximum absolute atomic E-state index is 14.2. The summed E-state index contributed by atoms with van der Waals surface area (Å²) in [5, 5.41) is 27.7. The number of Topliss-reactive ketones (excluding diaryl/α,β-unsaturated/α-hetero) is 1. The van der Waals surface area contributed by atoms with Crippen LogP contribution < -0.4 is 21.1 Å². The van der Waals surface area contributed by atoms with Gasteiger partial charge in [-0.3, -0.25) is 24.0 Å². The van der Waals surface area contributed by atoms with E-state index in [1.165, 1.54) is 23.3 Å². The van der Waals surface area contributed by atoms with E-state index in [1.54, 1.807) is 17.0 Å². The van der Waals surface area contributed by atoms with Crippen LogP contribution in [0.1, 0.15) is 78.3 Å². The lowest BCUT2D eigenvalue weighted by Crippen LogP contribution is -2.55. The van der Waals surface area contributed by atoms with E-state index in [1.807, 2.05) is 95.3 Å². The van der Waals surface area contributed by atoms with Gasteiger partial charge in [-0.1, -0.05) is 88.4 Å². The van der Waals surface area contributed by atoms with Crippen molar-refractivity contribution >= 4 is 40.7 Å². The maximum Gasteiger partial charge on any atom is 0.255 e. The van der Waals surface area contributed by atoms with Crippen LogP contribution in [0.25, 0.3) is 10.4 Å². The summed E-state index contributed by atoms with van der Waals surface area (Å²) in [4.78, 5) is 76.6. The number of aliphatic hydroxyl groups excluding tert-OH is 2. The number of likely N-dealkylation sites (tertiary alicyclic amines) is 1. The highest BCUT2D eigenvalue weighted by Crippen LogP contribution is 2.35. The number of methoxy groups -OCH3 is 1. The second-order valence-electron chi connectivity index (χ2n) is 17.1. The summed E-state index contributed by atoms with van der Waals surface area (Å²) < 4.78 is 5.75.